The number of nitriles is 1. The van der Waals surface area contributed by atoms with Gasteiger partial charge < -0.3 is 0 Å². The Hall–Kier alpha value is -0.0600. The van der Waals surface area contributed by atoms with Crippen LogP contribution in [0, 0.1) is 14.2 Å². The van der Waals surface area contributed by atoms with Crippen molar-refractivity contribution in [3.63, 3.8) is 0 Å². The molecule has 0 amide bonds. The van der Waals surface area contributed by atoms with Crippen LogP contribution in [0.2, 0.25) is 5.28 Å². The van der Waals surface area contributed by atoms with Crippen molar-refractivity contribution in [1.29, 1.82) is 5.26 Å². The highest BCUT2D eigenvalue weighted by Crippen LogP contribution is 2.21. The summed E-state index contributed by atoms with van der Waals surface area (Å²) in [6.45, 7) is 0. The molecular weight excluding hydrogens is 296 g/mol. The Balaban J connectivity index is 3.05. The molecule has 0 saturated carbocycles. The fraction of sp³-hybridized carbons (Fsp3) is 0. The molecule has 0 aromatic carbocycles. The Morgan fingerprint density at radius 2 is 2.45 bits per heavy atom. The molecule has 0 saturated heterocycles. The molecule has 0 unspecified atom stereocenters. The molecule has 0 aliphatic carbocycles. The highest BCUT2D eigenvalue weighted by Gasteiger charge is 2.02. The number of thiocyanates is 1. The van der Waals surface area contributed by atoms with Crippen molar-refractivity contribution in [3.8, 4) is 5.40 Å². The van der Waals surface area contributed by atoms with E-state index >= 15 is 0 Å². The van der Waals surface area contributed by atoms with E-state index in [0.29, 0.717) is 5.03 Å². The van der Waals surface area contributed by atoms with Crippen molar-refractivity contribution in [2.75, 3.05) is 0 Å². The lowest BCUT2D eigenvalue weighted by atomic mass is 10.7. The average molecular weight is 298 g/mol. The van der Waals surface area contributed by atoms with E-state index in [1.54, 1.807) is 6.20 Å². The van der Waals surface area contributed by atoms with Gasteiger partial charge in [0.25, 0.3) is 0 Å². The predicted molar refractivity (Wildman–Crippen MR) is 51.2 cm³/mol. The zero-order valence-corrected chi connectivity index (χ0v) is 8.81. The van der Waals surface area contributed by atoms with Crippen LogP contribution in [0.5, 0.6) is 0 Å². The van der Waals surface area contributed by atoms with Gasteiger partial charge in [-0.05, 0) is 34.2 Å². The molecule has 6 heteroatoms. The van der Waals surface area contributed by atoms with Crippen molar-refractivity contribution < 1.29 is 0 Å². The van der Waals surface area contributed by atoms with E-state index in [4.69, 9.17) is 16.9 Å². The van der Waals surface area contributed by atoms with Crippen LogP contribution >= 0.6 is 46.0 Å². The Labute approximate surface area is 86.3 Å². The van der Waals surface area contributed by atoms with Crippen LogP contribution in [0.15, 0.2) is 11.2 Å². The number of rotatable bonds is 1. The maximum atomic E-state index is 8.34. The van der Waals surface area contributed by atoms with Crippen LogP contribution < -0.4 is 0 Å². The molecule has 3 nitrogen and oxygen atoms in total. The number of aromatic nitrogens is 2. The summed E-state index contributed by atoms with van der Waals surface area (Å²) in [5.74, 6) is 0. The zero-order chi connectivity index (χ0) is 8.27. The van der Waals surface area contributed by atoms with E-state index < -0.39 is 0 Å². The number of hydrogen-bond donors (Lipinski definition) is 0. The van der Waals surface area contributed by atoms with Gasteiger partial charge in [-0.2, -0.15) is 5.26 Å². The van der Waals surface area contributed by atoms with E-state index in [1.807, 2.05) is 28.0 Å². The lowest BCUT2D eigenvalue weighted by Gasteiger charge is -1.95. The Bertz CT molecular complexity index is 311. The molecule has 0 N–H and O–H groups in total. The smallest absolute Gasteiger partial charge is 0.223 e. The Morgan fingerprint density at radius 3 is 3.09 bits per heavy atom. The lowest BCUT2D eigenvalue weighted by molar-refractivity contribution is 1.03. The van der Waals surface area contributed by atoms with Gasteiger partial charge >= 0.3 is 0 Å². The standard InChI is InChI=1S/C5HClIN3S/c6-5-9-1-3(7)4(10-5)11-2-8/h1H. The molecule has 56 valence electrons. The van der Waals surface area contributed by atoms with Crippen molar-refractivity contribution in [2.45, 2.75) is 5.03 Å². The fourth-order valence-electron chi connectivity index (χ4n) is 0.446. The molecule has 1 rings (SSSR count). The summed E-state index contributed by atoms with van der Waals surface area (Å²) < 4.78 is 0.832. The molecule has 0 atom stereocenters. The summed E-state index contributed by atoms with van der Waals surface area (Å²) in [6, 6.07) is 0. The number of thioether (sulfide) groups is 1. The minimum Gasteiger partial charge on any atom is -0.225 e. The van der Waals surface area contributed by atoms with Crippen LogP contribution in [0.3, 0.4) is 0 Å². The third-order valence-corrected chi connectivity index (χ3v) is 2.76. The van der Waals surface area contributed by atoms with Gasteiger partial charge in [-0.25, -0.2) is 9.97 Å². The second-order valence-electron chi connectivity index (χ2n) is 1.49. The normalized spacial score (nSPS) is 9.18. The summed E-state index contributed by atoms with van der Waals surface area (Å²) in [4.78, 5) is 7.60. The second kappa shape index (κ2) is 4.09. The van der Waals surface area contributed by atoms with E-state index in [9.17, 15) is 0 Å². The third-order valence-electron chi connectivity index (χ3n) is 0.825. The largest absolute Gasteiger partial charge is 0.225 e. The van der Waals surface area contributed by atoms with Gasteiger partial charge in [0, 0.05) is 18.0 Å². The molecule has 0 radical (unpaired) electrons. The summed E-state index contributed by atoms with van der Waals surface area (Å²) in [6.07, 6.45) is 1.58. The average Bonchev–Trinajstić information content (AvgIpc) is 1.98. The number of halogens is 2. The van der Waals surface area contributed by atoms with Gasteiger partial charge in [0.1, 0.15) is 10.4 Å². The van der Waals surface area contributed by atoms with Gasteiger partial charge in [0.05, 0.1) is 3.57 Å². The van der Waals surface area contributed by atoms with Crippen molar-refractivity contribution in [2.24, 2.45) is 0 Å². The summed E-state index contributed by atoms with van der Waals surface area (Å²) >= 11 is 8.53. The first-order chi connectivity index (χ1) is 5.24. The zero-order valence-electron chi connectivity index (χ0n) is 5.08. The van der Waals surface area contributed by atoms with E-state index in [1.165, 1.54) is 0 Å². The topological polar surface area (TPSA) is 49.6 Å². The van der Waals surface area contributed by atoms with Crippen molar-refractivity contribution in [3.05, 3.63) is 15.1 Å². The maximum absolute atomic E-state index is 8.34. The molecule has 0 aliphatic rings. The van der Waals surface area contributed by atoms with E-state index in [2.05, 4.69) is 9.97 Å². The first-order valence-electron chi connectivity index (χ1n) is 2.48. The van der Waals surface area contributed by atoms with Gasteiger partial charge in [0.15, 0.2) is 0 Å². The molecule has 11 heavy (non-hydrogen) atoms. The molecule has 1 aromatic rings. The molecule has 0 bridgehead atoms. The maximum Gasteiger partial charge on any atom is 0.223 e. The van der Waals surface area contributed by atoms with Crippen molar-refractivity contribution in [1.82, 2.24) is 9.97 Å². The van der Waals surface area contributed by atoms with Crippen LogP contribution in [0.1, 0.15) is 0 Å². The van der Waals surface area contributed by atoms with E-state index in [-0.39, 0.29) is 5.28 Å². The first kappa shape index (κ1) is 9.03. The number of nitrogens with zero attached hydrogens (tertiary/aromatic N) is 3. The quantitative estimate of drug-likeness (QED) is 0.262. The lowest BCUT2D eigenvalue weighted by Crippen LogP contribution is -1.87. The molecule has 0 fully saturated rings. The second-order valence-corrected chi connectivity index (χ2v) is 3.76. The van der Waals surface area contributed by atoms with E-state index in [0.717, 1.165) is 15.3 Å². The first-order valence-corrected chi connectivity index (χ1v) is 4.75. The van der Waals surface area contributed by atoms with Gasteiger partial charge in [-0.15, -0.1) is 0 Å². The minimum atomic E-state index is 0.170. The van der Waals surface area contributed by atoms with Crippen LogP contribution in [0.4, 0.5) is 0 Å². The van der Waals surface area contributed by atoms with Crippen LogP contribution in [0.25, 0.3) is 0 Å². The summed E-state index contributed by atoms with van der Waals surface area (Å²) in [5.41, 5.74) is 0. The molecular formula is C5HClIN3S. The minimum absolute atomic E-state index is 0.170. The summed E-state index contributed by atoms with van der Waals surface area (Å²) in [5, 5.41) is 11.0. The summed E-state index contributed by atoms with van der Waals surface area (Å²) in [7, 11) is 0. The Morgan fingerprint density at radius 1 is 1.73 bits per heavy atom. The SMILES string of the molecule is N#CSc1nc(Cl)ncc1I. The molecule has 0 aliphatic heterocycles. The highest BCUT2D eigenvalue weighted by molar-refractivity contribution is 14.1. The molecule has 1 heterocycles. The molecule has 1 aromatic heterocycles. The van der Waals surface area contributed by atoms with Gasteiger partial charge in [-0.1, -0.05) is 0 Å². The Kier molecular flexibility index (Phi) is 3.36. The van der Waals surface area contributed by atoms with Crippen LogP contribution in [-0.2, 0) is 0 Å². The number of hydrogen-bond acceptors (Lipinski definition) is 4. The van der Waals surface area contributed by atoms with Crippen molar-refractivity contribution >= 4 is 46.0 Å². The van der Waals surface area contributed by atoms with Crippen LogP contribution in [-0.4, -0.2) is 9.97 Å². The monoisotopic (exact) mass is 297 g/mol. The molecule has 0 spiro atoms. The third kappa shape index (κ3) is 2.47. The highest BCUT2D eigenvalue weighted by atomic mass is 127. The fourth-order valence-corrected chi connectivity index (χ4v) is 1.59. The predicted octanol–water partition coefficient (Wildman–Crippen LogP) is 2.31. The van der Waals surface area contributed by atoms with Gasteiger partial charge in [0.2, 0.25) is 5.28 Å². The van der Waals surface area contributed by atoms with Gasteiger partial charge in [-0.3, -0.25) is 0 Å².